The van der Waals surface area contributed by atoms with Crippen molar-refractivity contribution in [3.8, 4) is 0 Å². The summed E-state index contributed by atoms with van der Waals surface area (Å²) in [6.45, 7) is 4.72. The second-order valence-electron chi connectivity index (χ2n) is 10.3. The number of halogens is 1. The number of nitrogens with one attached hydrogen (secondary N) is 1. The highest BCUT2D eigenvalue weighted by Crippen LogP contribution is 2.37. The molecule has 0 aliphatic heterocycles. The van der Waals surface area contributed by atoms with Gasteiger partial charge in [-0.25, -0.2) is 22.3 Å². The van der Waals surface area contributed by atoms with Crippen molar-refractivity contribution < 1.29 is 12.8 Å². The van der Waals surface area contributed by atoms with Gasteiger partial charge in [0, 0.05) is 29.6 Å². The summed E-state index contributed by atoms with van der Waals surface area (Å²) < 4.78 is 39.8. The van der Waals surface area contributed by atoms with Crippen molar-refractivity contribution in [3.05, 3.63) is 76.0 Å². The van der Waals surface area contributed by atoms with Gasteiger partial charge in [-0.3, -0.25) is 0 Å². The molecule has 8 heteroatoms. The van der Waals surface area contributed by atoms with E-state index in [-0.39, 0.29) is 17.1 Å². The molecule has 0 unspecified atom stereocenters. The van der Waals surface area contributed by atoms with Crippen LogP contribution in [0.3, 0.4) is 0 Å². The van der Waals surface area contributed by atoms with Crippen molar-refractivity contribution in [1.82, 2.24) is 19.9 Å². The number of aromatic nitrogens is 3. The van der Waals surface area contributed by atoms with E-state index in [9.17, 15) is 12.8 Å². The summed E-state index contributed by atoms with van der Waals surface area (Å²) in [5, 5.41) is 8.22. The van der Waals surface area contributed by atoms with Crippen LogP contribution in [0.2, 0.25) is 0 Å². The lowest BCUT2D eigenvalue weighted by Gasteiger charge is -2.19. The number of hydrogen-bond acceptors (Lipinski definition) is 5. The summed E-state index contributed by atoms with van der Waals surface area (Å²) in [6.07, 6.45) is 14.7. The van der Waals surface area contributed by atoms with E-state index in [0.717, 1.165) is 83.4 Å². The van der Waals surface area contributed by atoms with Gasteiger partial charge >= 0.3 is 0 Å². The van der Waals surface area contributed by atoms with Crippen LogP contribution in [-0.4, -0.2) is 40.6 Å². The monoisotopic (exact) mass is 508 g/mol. The largest absolute Gasteiger partial charge is 0.305 e. The van der Waals surface area contributed by atoms with Crippen LogP contribution in [0.25, 0.3) is 17.3 Å². The lowest BCUT2D eigenvalue weighted by Crippen LogP contribution is -2.37. The molecule has 1 N–H and O–H groups in total. The van der Waals surface area contributed by atoms with E-state index in [4.69, 9.17) is 10.1 Å². The van der Waals surface area contributed by atoms with Gasteiger partial charge in [-0.05, 0) is 79.5 Å². The number of hydrogen-bond donors (Lipinski definition) is 1. The summed E-state index contributed by atoms with van der Waals surface area (Å²) >= 11 is 0. The Balaban J connectivity index is 1.57. The molecule has 0 saturated heterocycles. The number of nitrogens with zero attached hydrogens (tertiary/aromatic N) is 3. The normalized spacial score (nSPS) is 16.9. The van der Waals surface area contributed by atoms with Gasteiger partial charge in [0.2, 0.25) is 0 Å². The van der Waals surface area contributed by atoms with Gasteiger partial charge < -0.3 is 5.32 Å². The zero-order valence-electron chi connectivity index (χ0n) is 21.1. The van der Waals surface area contributed by atoms with Crippen molar-refractivity contribution in [2.45, 2.75) is 64.5 Å². The van der Waals surface area contributed by atoms with Crippen LogP contribution in [0.15, 0.2) is 36.5 Å². The molecule has 0 atom stereocenters. The Kier molecular flexibility index (Phi) is 6.59. The first-order valence-electron chi connectivity index (χ1n) is 12.6. The van der Waals surface area contributed by atoms with E-state index in [1.165, 1.54) is 12.3 Å². The predicted octanol–water partition coefficient (Wildman–Crippen LogP) is 4.84. The molecular weight excluding hydrogens is 475 g/mol. The van der Waals surface area contributed by atoms with Crippen molar-refractivity contribution in [2.24, 2.45) is 0 Å². The van der Waals surface area contributed by atoms with Gasteiger partial charge in [0.25, 0.3) is 0 Å². The van der Waals surface area contributed by atoms with Crippen molar-refractivity contribution in [3.63, 3.8) is 0 Å². The molecule has 6 nitrogen and oxygen atoms in total. The smallest absolute Gasteiger partial charge is 0.163 e. The van der Waals surface area contributed by atoms with E-state index < -0.39 is 9.84 Å². The average Bonchev–Trinajstić information content (AvgIpc) is 3.41. The number of rotatable bonds is 8. The highest BCUT2D eigenvalue weighted by Gasteiger charge is 2.44. The maximum atomic E-state index is 14.1. The summed E-state index contributed by atoms with van der Waals surface area (Å²) in [4.78, 5) is 5.05. The molecule has 0 radical (unpaired) electrons. The Morgan fingerprint density at radius 1 is 1.25 bits per heavy atom. The molecule has 190 valence electrons. The van der Waals surface area contributed by atoms with E-state index in [0.29, 0.717) is 6.54 Å². The Morgan fingerprint density at radius 3 is 2.78 bits per heavy atom. The quantitative estimate of drug-likeness (QED) is 0.471. The highest BCUT2D eigenvalue weighted by molar-refractivity contribution is 7.90. The molecule has 1 fully saturated rings. The molecule has 2 heterocycles. The maximum absolute atomic E-state index is 14.1. The fourth-order valence-electron chi connectivity index (χ4n) is 5.15. The van der Waals surface area contributed by atoms with Crippen LogP contribution in [0.5, 0.6) is 0 Å². The fraction of sp³-hybridized carbons (Fsp3) is 0.429. The summed E-state index contributed by atoms with van der Waals surface area (Å²) in [5.74, 6) is -0.0986. The molecule has 5 rings (SSSR count). The fourth-order valence-corrected chi connectivity index (χ4v) is 6.54. The third kappa shape index (κ3) is 5.15. The third-order valence-corrected chi connectivity index (χ3v) is 8.30. The molecule has 0 spiro atoms. The minimum absolute atomic E-state index is 0.148. The Bertz CT molecular complexity index is 1480. The molecule has 2 aliphatic rings. The molecule has 0 bridgehead atoms. The number of allylic oxidation sites excluding steroid dienone is 3. The molecule has 3 aromatic rings. The first-order valence-corrected chi connectivity index (χ1v) is 14.7. The van der Waals surface area contributed by atoms with Crippen LogP contribution < -0.4 is 5.32 Å². The Hall–Kier alpha value is -2.84. The van der Waals surface area contributed by atoms with E-state index in [1.54, 1.807) is 6.07 Å². The topological polar surface area (TPSA) is 76.4 Å². The van der Waals surface area contributed by atoms with Crippen molar-refractivity contribution in [2.75, 3.05) is 12.0 Å². The molecular formula is C28H33FN4O2S. The Labute approximate surface area is 212 Å². The SMILES string of the molecule is CCCc1c(C)c(CNC2(CS(C)(=O)=O)CC2)nc2c(C3=Cc4cc(F)ccc4CCC=C3)cnn12. The van der Waals surface area contributed by atoms with Gasteiger partial charge in [0.1, 0.15) is 15.7 Å². The Morgan fingerprint density at radius 2 is 2.06 bits per heavy atom. The second kappa shape index (κ2) is 9.56. The minimum atomic E-state index is -3.07. The maximum Gasteiger partial charge on any atom is 0.163 e. The second-order valence-corrected chi connectivity index (χ2v) is 12.4. The van der Waals surface area contributed by atoms with Gasteiger partial charge in [0.05, 0.1) is 17.6 Å². The number of aryl methyl sites for hydroxylation is 2. The average molecular weight is 509 g/mol. The lowest BCUT2D eigenvalue weighted by molar-refractivity contribution is 0.518. The molecule has 36 heavy (non-hydrogen) atoms. The lowest BCUT2D eigenvalue weighted by atomic mass is 9.95. The molecule has 1 saturated carbocycles. The van der Waals surface area contributed by atoms with Crippen molar-refractivity contribution in [1.29, 1.82) is 0 Å². The first-order chi connectivity index (χ1) is 17.2. The van der Waals surface area contributed by atoms with Crippen LogP contribution in [0.1, 0.15) is 66.2 Å². The van der Waals surface area contributed by atoms with Gasteiger partial charge in [-0.1, -0.05) is 31.6 Å². The zero-order valence-corrected chi connectivity index (χ0v) is 22.0. The van der Waals surface area contributed by atoms with Crippen LogP contribution in [0.4, 0.5) is 4.39 Å². The third-order valence-electron chi connectivity index (χ3n) is 7.22. The summed E-state index contributed by atoms with van der Waals surface area (Å²) in [7, 11) is -3.07. The van der Waals surface area contributed by atoms with E-state index in [2.05, 4.69) is 31.3 Å². The van der Waals surface area contributed by atoms with Crippen molar-refractivity contribution >= 4 is 27.1 Å². The van der Waals surface area contributed by atoms with Gasteiger partial charge in [-0.15, -0.1) is 0 Å². The highest BCUT2D eigenvalue weighted by atomic mass is 32.2. The molecule has 2 aromatic heterocycles. The number of benzene rings is 1. The van der Waals surface area contributed by atoms with Gasteiger partial charge in [-0.2, -0.15) is 5.10 Å². The molecule has 2 aliphatic carbocycles. The molecule has 1 aromatic carbocycles. The van der Waals surface area contributed by atoms with Gasteiger partial charge in [0.15, 0.2) is 5.65 Å². The first kappa shape index (κ1) is 24.8. The van der Waals surface area contributed by atoms with E-state index in [1.807, 2.05) is 22.9 Å². The standard InChI is InChI=1S/C28H33FN4O2S/c1-4-7-26-19(2)25(17-30-28(12-13-28)18-36(3,34)35)32-27-24(16-31-33(26)27)21-9-6-5-8-20-10-11-23(29)15-22(20)14-21/h6,9-11,14-16,30H,4-5,7-8,12-13,17-18H2,1-3H3. The zero-order chi connectivity index (χ0) is 25.5. The van der Waals surface area contributed by atoms with Crippen LogP contribution in [-0.2, 0) is 29.2 Å². The van der Waals surface area contributed by atoms with Crippen LogP contribution >= 0.6 is 0 Å². The minimum Gasteiger partial charge on any atom is -0.305 e. The number of sulfone groups is 1. The summed E-state index contributed by atoms with van der Waals surface area (Å²) in [6, 6.07) is 4.97. The molecule has 0 amide bonds. The summed E-state index contributed by atoms with van der Waals surface area (Å²) in [5.41, 5.74) is 7.38. The van der Waals surface area contributed by atoms with E-state index >= 15 is 0 Å². The predicted molar refractivity (Wildman–Crippen MR) is 142 cm³/mol. The van der Waals surface area contributed by atoms with Crippen LogP contribution in [0, 0.1) is 12.7 Å². The number of fused-ring (bicyclic) bond motifs is 2.